The minimum atomic E-state index is -0.574. The molecule has 70 valence electrons. The van der Waals surface area contributed by atoms with Gasteiger partial charge in [0.2, 0.25) is 5.96 Å². The molecule has 0 fully saturated rings. The van der Waals surface area contributed by atoms with E-state index in [1.54, 1.807) is 0 Å². The Labute approximate surface area is 74.0 Å². The molecular formula is C6H9N5O2. The van der Waals surface area contributed by atoms with Crippen LogP contribution in [0, 0.1) is 5.41 Å². The second-order valence-corrected chi connectivity index (χ2v) is 2.09. The van der Waals surface area contributed by atoms with E-state index in [-0.39, 0.29) is 6.01 Å². The molecule has 0 aromatic carbocycles. The summed E-state index contributed by atoms with van der Waals surface area (Å²) < 4.78 is 4.81. The number of guanidine groups is 1. The number of nitrogens with zero attached hydrogens (tertiary/aromatic N) is 2. The van der Waals surface area contributed by atoms with Gasteiger partial charge in [-0.15, -0.1) is 0 Å². The van der Waals surface area contributed by atoms with Crippen LogP contribution in [-0.4, -0.2) is 24.0 Å². The van der Waals surface area contributed by atoms with Crippen LogP contribution in [0.15, 0.2) is 16.9 Å². The van der Waals surface area contributed by atoms with Gasteiger partial charge in [-0.3, -0.25) is 5.41 Å². The van der Waals surface area contributed by atoms with Crippen molar-refractivity contribution in [3.05, 3.63) is 12.5 Å². The van der Waals surface area contributed by atoms with Gasteiger partial charge in [-0.2, -0.15) is 4.90 Å². The summed E-state index contributed by atoms with van der Waals surface area (Å²) in [6.45, 7) is 0. The molecule has 4 N–H and O–H groups in total. The molecule has 0 atom stereocenters. The second kappa shape index (κ2) is 3.57. The van der Waals surface area contributed by atoms with E-state index < -0.39 is 12.0 Å². The average Bonchev–Trinajstić information content (AvgIpc) is 2.56. The lowest BCUT2D eigenvalue weighted by molar-refractivity contribution is 0.250. The van der Waals surface area contributed by atoms with Crippen LogP contribution < -0.4 is 16.0 Å². The van der Waals surface area contributed by atoms with E-state index in [2.05, 4.69) is 10.3 Å². The Bertz CT molecular complexity index is 307. The topological polar surface area (TPSA) is 108 Å². The number of hydrogen-bond acceptors (Lipinski definition) is 4. The SMILES string of the molecule is CNC(=O)N(C(=N)N)c1ncco1. The Balaban J connectivity index is 2.93. The highest BCUT2D eigenvalue weighted by atomic mass is 16.4. The van der Waals surface area contributed by atoms with Crippen molar-refractivity contribution in [2.24, 2.45) is 5.73 Å². The van der Waals surface area contributed by atoms with Crippen molar-refractivity contribution in [3.63, 3.8) is 0 Å². The fourth-order valence-corrected chi connectivity index (χ4v) is 0.737. The number of nitrogens with one attached hydrogen (secondary N) is 2. The summed E-state index contributed by atoms with van der Waals surface area (Å²) in [6, 6.07) is -0.609. The zero-order valence-corrected chi connectivity index (χ0v) is 6.94. The van der Waals surface area contributed by atoms with Crippen molar-refractivity contribution in [2.75, 3.05) is 11.9 Å². The Hall–Kier alpha value is -2.05. The molecule has 7 heteroatoms. The van der Waals surface area contributed by atoms with Gasteiger partial charge in [-0.05, 0) is 0 Å². The van der Waals surface area contributed by atoms with Crippen molar-refractivity contribution >= 4 is 18.0 Å². The molecular weight excluding hydrogens is 174 g/mol. The van der Waals surface area contributed by atoms with Gasteiger partial charge in [0.25, 0.3) is 0 Å². The number of carbonyl (C=O) groups excluding carboxylic acids is 1. The van der Waals surface area contributed by atoms with E-state index in [9.17, 15) is 4.79 Å². The quantitative estimate of drug-likeness (QED) is 0.410. The molecule has 0 aliphatic carbocycles. The number of anilines is 1. The maximum Gasteiger partial charge on any atom is 0.332 e. The number of aromatic nitrogens is 1. The summed E-state index contributed by atoms with van der Waals surface area (Å²) in [5, 5.41) is 9.41. The van der Waals surface area contributed by atoms with Gasteiger partial charge < -0.3 is 15.5 Å². The fraction of sp³-hybridized carbons (Fsp3) is 0.167. The van der Waals surface area contributed by atoms with Crippen LogP contribution in [0.4, 0.5) is 10.8 Å². The van der Waals surface area contributed by atoms with E-state index in [1.807, 2.05) is 0 Å². The van der Waals surface area contributed by atoms with Crippen LogP contribution in [0.3, 0.4) is 0 Å². The van der Waals surface area contributed by atoms with Crippen LogP contribution >= 0.6 is 0 Å². The van der Waals surface area contributed by atoms with E-state index in [4.69, 9.17) is 15.6 Å². The van der Waals surface area contributed by atoms with Crippen LogP contribution in [-0.2, 0) is 0 Å². The molecule has 1 heterocycles. The van der Waals surface area contributed by atoms with Gasteiger partial charge in [-0.25, -0.2) is 9.78 Å². The minimum absolute atomic E-state index is 0.0353. The molecule has 0 bridgehead atoms. The first-order valence-electron chi connectivity index (χ1n) is 3.42. The Morgan fingerprint density at radius 1 is 1.85 bits per heavy atom. The van der Waals surface area contributed by atoms with E-state index in [0.717, 1.165) is 4.90 Å². The van der Waals surface area contributed by atoms with Crippen molar-refractivity contribution in [1.82, 2.24) is 10.3 Å². The molecule has 0 unspecified atom stereocenters. The summed E-state index contributed by atoms with van der Waals surface area (Å²) in [6.07, 6.45) is 2.64. The highest BCUT2D eigenvalue weighted by Gasteiger charge is 2.20. The van der Waals surface area contributed by atoms with Gasteiger partial charge in [0.1, 0.15) is 6.26 Å². The second-order valence-electron chi connectivity index (χ2n) is 2.09. The zero-order chi connectivity index (χ0) is 9.84. The summed E-state index contributed by atoms with van der Waals surface area (Å²) in [7, 11) is 1.42. The molecule has 1 aromatic rings. The van der Waals surface area contributed by atoms with Gasteiger partial charge >= 0.3 is 12.0 Å². The number of hydrogen-bond donors (Lipinski definition) is 3. The van der Waals surface area contributed by atoms with Crippen LogP contribution in [0.5, 0.6) is 0 Å². The first kappa shape index (κ1) is 9.04. The lowest BCUT2D eigenvalue weighted by atomic mass is 10.7. The normalized spacial score (nSPS) is 9.31. The van der Waals surface area contributed by atoms with Gasteiger partial charge in [0, 0.05) is 7.05 Å². The first-order chi connectivity index (χ1) is 6.16. The van der Waals surface area contributed by atoms with Crippen LogP contribution in [0.1, 0.15) is 0 Å². The summed E-state index contributed by atoms with van der Waals surface area (Å²) in [5.74, 6) is -0.457. The summed E-state index contributed by atoms with van der Waals surface area (Å²) in [5.41, 5.74) is 5.15. The van der Waals surface area contributed by atoms with Crippen molar-refractivity contribution < 1.29 is 9.21 Å². The molecule has 0 saturated heterocycles. The number of urea groups is 1. The third kappa shape index (κ3) is 1.75. The molecule has 0 aliphatic heterocycles. The number of nitrogens with two attached hydrogens (primary N) is 1. The average molecular weight is 183 g/mol. The molecule has 7 nitrogen and oxygen atoms in total. The molecule has 1 rings (SSSR count). The highest BCUT2D eigenvalue weighted by molar-refractivity contribution is 6.12. The lowest BCUT2D eigenvalue weighted by Gasteiger charge is -2.14. The molecule has 1 aromatic heterocycles. The van der Waals surface area contributed by atoms with Crippen molar-refractivity contribution in [2.45, 2.75) is 0 Å². The molecule has 0 radical (unpaired) electrons. The molecule has 2 amide bonds. The number of amides is 2. The smallest absolute Gasteiger partial charge is 0.332 e. The summed E-state index contributed by atoms with van der Waals surface area (Å²) in [4.78, 5) is 15.6. The molecule has 13 heavy (non-hydrogen) atoms. The standard InChI is InChI=1S/C6H9N5O2/c1-9-5(12)11(4(7)8)6-10-2-3-13-6/h2-3H,1H3,(H3,7,8)(H,9,12). The zero-order valence-electron chi connectivity index (χ0n) is 6.94. The van der Waals surface area contributed by atoms with Crippen LogP contribution in [0.25, 0.3) is 0 Å². The third-order valence-electron chi connectivity index (χ3n) is 1.27. The summed E-state index contributed by atoms with van der Waals surface area (Å²) >= 11 is 0. The Morgan fingerprint density at radius 3 is 2.92 bits per heavy atom. The third-order valence-corrected chi connectivity index (χ3v) is 1.27. The monoisotopic (exact) mass is 183 g/mol. The lowest BCUT2D eigenvalue weighted by Crippen LogP contribution is -2.46. The number of oxazole rings is 1. The number of rotatable bonds is 1. The Morgan fingerprint density at radius 2 is 2.54 bits per heavy atom. The predicted octanol–water partition coefficient (Wildman–Crippen LogP) is -0.286. The largest absolute Gasteiger partial charge is 0.431 e. The number of carbonyl (C=O) groups is 1. The van der Waals surface area contributed by atoms with Gasteiger partial charge in [0.15, 0.2) is 0 Å². The van der Waals surface area contributed by atoms with Crippen molar-refractivity contribution in [1.29, 1.82) is 5.41 Å². The van der Waals surface area contributed by atoms with E-state index in [1.165, 1.54) is 19.5 Å². The maximum atomic E-state index is 11.1. The molecule has 0 aliphatic rings. The minimum Gasteiger partial charge on any atom is -0.431 e. The van der Waals surface area contributed by atoms with Crippen LogP contribution in [0.2, 0.25) is 0 Å². The first-order valence-corrected chi connectivity index (χ1v) is 3.42. The van der Waals surface area contributed by atoms with E-state index >= 15 is 0 Å². The van der Waals surface area contributed by atoms with Gasteiger partial charge in [-0.1, -0.05) is 0 Å². The van der Waals surface area contributed by atoms with E-state index in [0.29, 0.717) is 0 Å². The van der Waals surface area contributed by atoms with Gasteiger partial charge in [0.05, 0.1) is 6.20 Å². The molecule has 0 spiro atoms. The maximum absolute atomic E-state index is 11.1. The Kier molecular flexibility index (Phi) is 2.48. The molecule has 0 saturated carbocycles. The highest BCUT2D eigenvalue weighted by Crippen LogP contribution is 2.08. The predicted molar refractivity (Wildman–Crippen MR) is 45.4 cm³/mol. The van der Waals surface area contributed by atoms with Crippen molar-refractivity contribution in [3.8, 4) is 0 Å². The fourth-order valence-electron chi connectivity index (χ4n) is 0.737.